The average molecular weight is 272 g/mol. The number of hydrogen-bond donors (Lipinski definition) is 2. The van der Waals surface area contributed by atoms with E-state index in [1.165, 1.54) is 18.2 Å². The highest BCUT2D eigenvalue weighted by atomic mass is 35.5. The molecule has 3 N–H and O–H groups in total. The predicted molar refractivity (Wildman–Crippen MR) is 68.4 cm³/mol. The van der Waals surface area contributed by atoms with Crippen LogP contribution >= 0.6 is 23.2 Å². The van der Waals surface area contributed by atoms with Gasteiger partial charge in [0.15, 0.2) is 5.82 Å². The number of halogens is 3. The van der Waals surface area contributed by atoms with E-state index in [4.69, 9.17) is 28.9 Å². The summed E-state index contributed by atoms with van der Waals surface area (Å²) in [6.07, 6.45) is 0. The first kappa shape index (κ1) is 12.0. The highest BCUT2D eigenvalue weighted by molar-refractivity contribution is 6.31. The number of aromatic nitrogens is 1. The van der Waals surface area contributed by atoms with Gasteiger partial charge in [0.25, 0.3) is 0 Å². The van der Waals surface area contributed by atoms with Gasteiger partial charge in [-0.05, 0) is 30.3 Å². The van der Waals surface area contributed by atoms with Gasteiger partial charge in [-0.15, -0.1) is 0 Å². The number of hydrogen-bond acceptors (Lipinski definition) is 3. The number of nitrogens with zero attached hydrogens (tertiary/aromatic N) is 1. The molecule has 2 aromatic rings. The summed E-state index contributed by atoms with van der Waals surface area (Å²) in [5.74, 6) is -0.0792. The molecule has 0 unspecified atom stereocenters. The smallest absolute Gasteiger partial charge is 0.155 e. The summed E-state index contributed by atoms with van der Waals surface area (Å²) in [5, 5.41) is 3.25. The van der Waals surface area contributed by atoms with Crippen LogP contribution in [0.2, 0.25) is 10.2 Å². The first-order chi connectivity index (χ1) is 8.06. The number of anilines is 3. The van der Waals surface area contributed by atoms with Gasteiger partial charge >= 0.3 is 0 Å². The number of pyridine rings is 1. The molecular formula is C11H8Cl2FN3. The number of benzene rings is 1. The summed E-state index contributed by atoms with van der Waals surface area (Å²) >= 11 is 11.4. The topological polar surface area (TPSA) is 50.9 Å². The molecule has 0 aliphatic carbocycles. The van der Waals surface area contributed by atoms with Crippen molar-refractivity contribution in [1.29, 1.82) is 0 Å². The maximum Gasteiger partial charge on any atom is 0.155 e. The third-order valence-corrected chi connectivity index (χ3v) is 2.57. The lowest BCUT2D eigenvalue weighted by Gasteiger charge is -2.08. The Balaban J connectivity index is 2.31. The molecule has 3 nitrogen and oxygen atoms in total. The normalized spacial score (nSPS) is 10.3. The number of rotatable bonds is 2. The van der Waals surface area contributed by atoms with Crippen LogP contribution in [0.15, 0.2) is 30.3 Å². The second-order valence-electron chi connectivity index (χ2n) is 3.33. The molecule has 17 heavy (non-hydrogen) atoms. The van der Waals surface area contributed by atoms with E-state index in [0.29, 0.717) is 22.3 Å². The van der Waals surface area contributed by atoms with Gasteiger partial charge in [0.05, 0.1) is 10.7 Å². The molecule has 0 bridgehead atoms. The quantitative estimate of drug-likeness (QED) is 0.816. The fourth-order valence-corrected chi connectivity index (χ4v) is 1.58. The van der Waals surface area contributed by atoms with Crippen LogP contribution in [0.3, 0.4) is 0 Å². The van der Waals surface area contributed by atoms with Gasteiger partial charge in [-0.25, -0.2) is 9.37 Å². The number of nitrogens with one attached hydrogen (secondary N) is 1. The minimum absolute atomic E-state index is 0.0237. The molecule has 0 radical (unpaired) electrons. The van der Waals surface area contributed by atoms with Gasteiger partial charge in [-0.3, -0.25) is 0 Å². The van der Waals surface area contributed by atoms with E-state index in [0.717, 1.165) is 0 Å². The number of nitrogen functional groups attached to an aromatic ring is 1. The molecule has 1 aromatic carbocycles. The van der Waals surface area contributed by atoms with E-state index in [9.17, 15) is 4.39 Å². The SMILES string of the molecule is Nc1ccc(Cl)nc1Nc1ccc(F)c(Cl)c1. The first-order valence-electron chi connectivity index (χ1n) is 4.70. The van der Waals surface area contributed by atoms with Crippen LogP contribution in [0, 0.1) is 5.82 Å². The molecule has 0 saturated heterocycles. The van der Waals surface area contributed by atoms with Crippen molar-refractivity contribution in [3.63, 3.8) is 0 Å². The molecular weight excluding hydrogens is 264 g/mol. The van der Waals surface area contributed by atoms with E-state index < -0.39 is 5.82 Å². The van der Waals surface area contributed by atoms with Crippen molar-refractivity contribution in [3.05, 3.63) is 46.3 Å². The third-order valence-electron chi connectivity index (χ3n) is 2.07. The van der Waals surface area contributed by atoms with Crippen molar-refractivity contribution < 1.29 is 4.39 Å². The fourth-order valence-electron chi connectivity index (χ4n) is 1.26. The van der Waals surface area contributed by atoms with Gasteiger partial charge in [-0.2, -0.15) is 0 Å². The van der Waals surface area contributed by atoms with E-state index in [2.05, 4.69) is 10.3 Å². The largest absolute Gasteiger partial charge is 0.396 e. The Bertz CT molecular complexity index is 560. The summed E-state index contributed by atoms with van der Waals surface area (Å²) in [7, 11) is 0. The van der Waals surface area contributed by atoms with E-state index in [1.807, 2.05) is 0 Å². The highest BCUT2D eigenvalue weighted by Crippen LogP contribution is 2.25. The summed E-state index contributed by atoms with van der Waals surface area (Å²) in [5.41, 5.74) is 6.74. The van der Waals surface area contributed by atoms with Crippen LogP contribution in [0.4, 0.5) is 21.6 Å². The lowest BCUT2D eigenvalue weighted by molar-refractivity contribution is 0.628. The van der Waals surface area contributed by atoms with Crippen molar-refractivity contribution in [1.82, 2.24) is 4.98 Å². The maximum absolute atomic E-state index is 13.0. The molecule has 0 aliphatic heterocycles. The molecule has 88 valence electrons. The summed E-state index contributed by atoms with van der Waals surface area (Å²) in [6.45, 7) is 0. The Kier molecular flexibility index (Phi) is 3.36. The van der Waals surface area contributed by atoms with E-state index in [1.54, 1.807) is 12.1 Å². The van der Waals surface area contributed by atoms with Crippen LogP contribution in [-0.2, 0) is 0 Å². The van der Waals surface area contributed by atoms with Gasteiger partial charge in [0.1, 0.15) is 11.0 Å². The highest BCUT2D eigenvalue weighted by Gasteiger charge is 2.05. The molecule has 0 spiro atoms. The third kappa shape index (κ3) is 2.78. The zero-order valence-corrected chi connectivity index (χ0v) is 10.1. The van der Waals surface area contributed by atoms with Gasteiger partial charge < -0.3 is 11.1 Å². The Hall–Kier alpha value is -1.52. The standard InChI is InChI=1S/C11H8Cl2FN3/c12-7-5-6(1-2-8(7)14)16-11-9(15)3-4-10(13)17-11/h1-5H,15H2,(H,16,17). The molecule has 1 aromatic heterocycles. The average Bonchev–Trinajstić information content (AvgIpc) is 2.29. The van der Waals surface area contributed by atoms with Gasteiger partial charge in [0.2, 0.25) is 0 Å². The molecule has 0 fully saturated rings. The zero-order chi connectivity index (χ0) is 12.4. The van der Waals surface area contributed by atoms with Crippen molar-refractivity contribution in [2.75, 3.05) is 11.1 Å². The predicted octanol–water partition coefficient (Wildman–Crippen LogP) is 3.85. The van der Waals surface area contributed by atoms with E-state index in [-0.39, 0.29) is 5.02 Å². The minimum atomic E-state index is -0.482. The van der Waals surface area contributed by atoms with Gasteiger partial charge in [-0.1, -0.05) is 23.2 Å². The Labute approximate surface area is 107 Å². The zero-order valence-electron chi connectivity index (χ0n) is 8.55. The molecule has 0 atom stereocenters. The second kappa shape index (κ2) is 4.77. The summed E-state index contributed by atoms with van der Waals surface area (Å²) in [4.78, 5) is 4.01. The maximum atomic E-state index is 13.0. The molecule has 2 rings (SSSR count). The second-order valence-corrected chi connectivity index (χ2v) is 4.12. The molecule has 6 heteroatoms. The van der Waals surface area contributed by atoms with E-state index >= 15 is 0 Å². The monoisotopic (exact) mass is 271 g/mol. The molecule has 1 heterocycles. The Morgan fingerprint density at radius 3 is 2.65 bits per heavy atom. The van der Waals surface area contributed by atoms with Crippen LogP contribution in [-0.4, -0.2) is 4.98 Å². The Morgan fingerprint density at radius 1 is 1.18 bits per heavy atom. The van der Waals surface area contributed by atoms with Crippen LogP contribution in [0.25, 0.3) is 0 Å². The summed E-state index contributed by atoms with van der Waals surface area (Å²) in [6, 6.07) is 7.44. The molecule has 0 amide bonds. The lowest BCUT2D eigenvalue weighted by atomic mass is 10.3. The fraction of sp³-hybridized carbons (Fsp3) is 0. The first-order valence-corrected chi connectivity index (χ1v) is 5.46. The van der Waals surface area contributed by atoms with Crippen molar-refractivity contribution in [2.24, 2.45) is 0 Å². The van der Waals surface area contributed by atoms with Crippen molar-refractivity contribution in [2.45, 2.75) is 0 Å². The van der Waals surface area contributed by atoms with Crippen LogP contribution < -0.4 is 11.1 Å². The van der Waals surface area contributed by atoms with Crippen LogP contribution in [0.5, 0.6) is 0 Å². The van der Waals surface area contributed by atoms with Crippen LogP contribution in [0.1, 0.15) is 0 Å². The molecule has 0 aliphatic rings. The number of nitrogens with two attached hydrogens (primary N) is 1. The summed E-state index contributed by atoms with van der Waals surface area (Å²) < 4.78 is 13.0. The minimum Gasteiger partial charge on any atom is -0.396 e. The lowest BCUT2D eigenvalue weighted by Crippen LogP contribution is -1.99. The van der Waals surface area contributed by atoms with Crippen molar-refractivity contribution in [3.8, 4) is 0 Å². The molecule has 0 saturated carbocycles. The van der Waals surface area contributed by atoms with Gasteiger partial charge in [0, 0.05) is 5.69 Å². The van der Waals surface area contributed by atoms with Crippen molar-refractivity contribution >= 4 is 40.4 Å². The Morgan fingerprint density at radius 2 is 1.94 bits per heavy atom.